The third-order valence-corrected chi connectivity index (χ3v) is 3.02. The number of rotatable bonds is 4. The summed E-state index contributed by atoms with van der Waals surface area (Å²) >= 11 is 0. The first-order valence-corrected chi connectivity index (χ1v) is 5.86. The number of nitrogen functional groups attached to an aromatic ring is 1. The van der Waals surface area contributed by atoms with E-state index in [1.54, 1.807) is 6.07 Å². The largest absolute Gasteiger partial charge is 0.379 e. The number of hydrogen-bond donors (Lipinski definition) is 1. The third-order valence-electron chi connectivity index (χ3n) is 3.02. The number of nitrogens with two attached hydrogens (primary N) is 1. The lowest BCUT2D eigenvalue weighted by atomic mass is 10.1. The van der Waals surface area contributed by atoms with E-state index < -0.39 is 4.92 Å². The van der Waals surface area contributed by atoms with E-state index in [2.05, 4.69) is 9.88 Å². The quantitative estimate of drug-likeness (QED) is 0.617. The summed E-state index contributed by atoms with van der Waals surface area (Å²) in [6.45, 7) is 3.96. The van der Waals surface area contributed by atoms with Crippen molar-refractivity contribution in [1.29, 1.82) is 0 Å². The second kappa shape index (κ2) is 5.74. The summed E-state index contributed by atoms with van der Waals surface area (Å²) in [6, 6.07) is 1.66. The number of ether oxygens (including phenoxy) is 1. The van der Waals surface area contributed by atoms with Crippen molar-refractivity contribution >= 4 is 11.5 Å². The Hall–Kier alpha value is -1.73. The Labute approximate surface area is 105 Å². The summed E-state index contributed by atoms with van der Waals surface area (Å²) < 4.78 is 5.25. The Bertz CT molecular complexity index is 432. The average molecular weight is 252 g/mol. The normalized spacial score (nSPS) is 16.7. The molecule has 1 fully saturated rings. The molecule has 0 saturated carbocycles. The van der Waals surface area contributed by atoms with Crippen molar-refractivity contribution in [2.45, 2.75) is 6.42 Å². The number of morpholine rings is 1. The van der Waals surface area contributed by atoms with Gasteiger partial charge in [-0.15, -0.1) is 0 Å². The van der Waals surface area contributed by atoms with Gasteiger partial charge in [0.2, 0.25) is 5.82 Å². The standard InChI is InChI=1S/C11H16N4O3/c12-11-10(15(16)17)9(1-3-13-11)2-4-14-5-7-18-8-6-14/h1,3H,2,4-8H2,(H2,12,13). The Morgan fingerprint density at radius 2 is 2.22 bits per heavy atom. The Kier molecular flexibility index (Phi) is 4.06. The molecule has 1 aliphatic rings. The average Bonchev–Trinajstić information content (AvgIpc) is 2.37. The number of nitrogens with zero attached hydrogens (tertiary/aromatic N) is 3. The van der Waals surface area contributed by atoms with E-state index >= 15 is 0 Å². The summed E-state index contributed by atoms with van der Waals surface area (Å²) in [6.07, 6.45) is 2.11. The van der Waals surface area contributed by atoms with Crippen LogP contribution in [0.15, 0.2) is 12.3 Å². The van der Waals surface area contributed by atoms with Gasteiger partial charge in [-0.05, 0) is 12.5 Å². The second-order valence-corrected chi connectivity index (χ2v) is 4.17. The number of anilines is 1. The van der Waals surface area contributed by atoms with Crippen LogP contribution in [0.25, 0.3) is 0 Å². The second-order valence-electron chi connectivity index (χ2n) is 4.17. The van der Waals surface area contributed by atoms with Crippen LogP contribution in [0.1, 0.15) is 5.56 Å². The van der Waals surface area contributed by atoms with Crippen molar-refractivity contribution in [3.63, 3.8) is 0 Å². The maximum Gasteiger partial charge on any atom is 0.314 e. The minimum Gasteiger partial charge on any atom is -0.379 e. The van der Waals surface area contributed by atoms with Gasteiger partial charge in [-0.2, -0.15) is 0 Å². The molecule has 0 spiro atoms. The highest BCUT2D eigenvalue weighted by Gasteiger charge is 2.19. The van der Waals surface area contributed by atoms with Crippen LogP contribution in [0.5, 0.6) is 0 Å². The van der Waals surface area contributed by atoms with Crippen LogP contribution >= 0.6 is 0 Å². The van der Waals surface area contributed by atoms with Crippen LogP contribution in [-0.4, -0.2) is 47.7 Å². The van der Waals surface area contributed by atoms with Gasteiger partial charge < -0.3 is 10.5 Å². The van der Waals surface area contributed by atoms with Crippen LogP contribution in [0.3, 0.4) is 0 Å². The maximum atomic E-state index is 10.9. The van der Waals surface area contributed by atoms with Crippen molar-refractivity contribution in [1.82, 2.24) is 9.88 Å². The zero-order valence-electron chi connectivity index (χ0n) is 10.0. The lowest BCUT2D eigenvalue weighted by Crippen LogP contribution is -2.37. The van der Waals surface area contributed by atoms with Gasteiger partial charge in [-0.1, -0.05) is 0 Å². The molecule has 0 amide bonds. The Balaban J connectivity index is 2.04. The van der Waals surface area contributed by atoms with E-state index in [9.17, 15) is 10.1 Å². The monoisotopic (exact) mass is 252 g/mol. The Morgan fingerprint density at radius 1 is 1.50 bits per heavy atom. The molecular formula is C11H16N4O3. The first kappa shape index (κ1) is 12.7. The number of pyridine rings is 1. The molecule has 0 unspecified atom stereocenters. The zero-order valence-corrected chi connectivity index (χ0v) is 10.0. The molecule has 1 aromatic heterocycles. The highest BCUT2D eigenvalue weighted by atomic mass is 16.6. The lowest BCUT2D eigenvalue weighted by molar-refractivity contribution is -0.384. The van der Waals surface area contributed by atoms with Crippen molar-refractivity contribution in [2.75, 3.05) is 38.6 Å². The molecule has 1 saturated heterocycles. The molecular weight excluding hydrogens is 236 g/mol. The number of nitro groups is 1. The van der Waals surface area contributed by atoms with Crippen molar-refractivity contribution in [3.8, 4) is 0 Å². The maximum absolute atomic E-state index is 10.9. The predicted molar refractivity (Wildman–Crippen MR) is 66.3 cm³/mol. The smallest absolute Gasteiger partial charge is 0.314 e. The molecule has 98 valence electrons. The van der Waals surface area contributed by atoms with E-state index in [1.165, 1.54) is 6.20 Å². The summed E-state index contributed by atoms with van der Waals surface area (Å²) in [5.41, 5.74) is 6.12. The fourth-order valence-electron chi connectivity index (χ4n) is 2.03. The van der Waals surface area contributed by atoms with Crippen LogP contribution in [0.2, 0.25) is 0 Å². The lowest BCUT2D eigenvalue weighted by Gasteiger charge is -2.26. The number of hydrogen-bond acceptors (Lipinski definition) is 6. The predicted octanol–water partition coefficient (Wildman–Crippen LogP) is 0.447. The van der Waals surface area contributed by atoms with E-state index in [1.807, 2.05) is 0 Å². The van der Waals surface area contributed by atoms with Gasteiger partial charge in [0.25, 0.3) is 0 Å². The van der Waals surface area contributed by atoms with Gasteiger partial charge in [0.05, 0.1) is 18.1 Å². The van der Waals surface area contributed by atoms with Gasteiger partial charge in [0, 0.05) is 31.4 Å². The van der Waals surface area contributed by atoms with E-state index in [0.717, 1.165) is 32.8 Å². The van der Waals surface area contributed by atoms with Crippen molar-refractivity contribution in [2.24, 2.45) is 0 Å². The van der Waals surface area contributed by atoms with Gasteiger partial charge in [0.1, 0.15) is 0 Å². The summed E-state index contributed by atoms with van der Waals surface area (Å²) in [5, 5.41) is 10.9. The summed E-state index contributed by atoms with van der Waals surface area (Å²) in [7, 11) is 0. The van der Waals surface area contributed by atoms with Crippen LogP contribution in [-0.2, 0) is 11.2 Å². The van der Waals surface area contributed by atoms with Crippen molar-refractivity contribution < 1.29 is 9.66 Å². The molecule has 7 nitrogen and oxygen atoms in total. The SMILES string of the molecule is Nc1nccc(CCN2CCOCC2)c1[N+](=O)[O-]. The number of aromatic nitrogens is 1. The van der Waals surface area contributed by atoms with E-state index in [4.69, 9.17) is 10.5 Å². The minimum atomic E-state index is -0.461. The topological polar surface area (TPSA) is 94.5 Å². The fraction of sp³-hybridized carbons (Fsp3) is 0.545. The van der Waals surface area contributed by atoms with Gasteiger partial charge >= 0.3 is 5.69 Å². The molecule has 18 heavy (non-hydrogen) atoms. The molecule has 7 heteroatoms. The first-order valence-electron chi connectivity index (χ1n) is 5.86. The first-order chi connectivity index (χ1) is 8.68. The molecule has 2 N–H and O–H groups in total. The molecule has 1 aliphatic heterocycles. The molecule has 0 radical (unpaired) electrons. The third kappa shape index (κ3) is 2.93. The zero-order chi connectivity index (χ0) is 13.0. The Morgan fingerprint density at radius 3 is 2.89 bits per heavy atom. The highest BCUT2D eigenvalue weighted by molar-refractivity contribution is 5.57. The molecule has 2 heterocycles. The highest BCUT2D eigenvalue weighted by Crippen LogP contribution is 2.24. The molecule has 2 rings (SSSR count). The van der Waals surface area contributed by atoms with Gasteiger partial charge in [0.15, 0.2) is 0 Å². The minimum absolute atomic E-state index is 0.0144. The van der Waals surface area contributed by atoms with Gasteiger partial charge in [-0.3, -0.25) is 15.0 Å². The molecule has 1 aromatic rings. The fourth-order valence-corrected chi connectivity index (χ4v) is 2.03. The summed E-state index contributed by atoms with van der Waals surface area (Å²) in [4.78, 5) is 16.5. The summed E-state index contributed by atoms with van der Waals surface area (Å²) in [5.74, 6) is -0.0144. The molecule has 0 aliphatic carbocycles. The molecule has 0 aromatic carbocycles. The van der Waals surface area contributed by atoms with Crippen LogP contribution in [0.4, 0.5) is 11.5 Å². The van der Waals surface area contributed by atoms with Crippen LogP contribution < -0.4 is 5.73 Å². The van der Waals surface area contributed by atoms with E-state index in [-0.39, 0.29) is 11.5 Å². The van der Waals surface area contributed by atoms with E-state index in [0.29, 0.717) is 12.0 Å². The molecule has 0 atom stereocenters. The van der Waals surface area contributed by atoms with Gasteiger partial charge in [-0.25, -0.2) is 4.98 Å². The molecule has 0 bridgehead atoms. The van der Waals surface area contributed by atoms with Crippen LogP contribution in [0, 0.1) is 10.1 Å². The van der Waals surface area contributed by atoms with Crippen molar-refractivity contribution in [3.05, 3.63) is 27.9 Å².